The predicted molar refractivity (Wildman–Crippen MR) is 61.9 cm³/mol. The number of terminal acetylenes is 1. The first-order valence-electron chi connectivity index (χ1n) is 5.61. The van der Waals surface area contributed by atoms with Crippen LogP contribution in [0.1, 0.15) is 49.1 Å². The number of rotatable bonds is 1. The summed E-state index contributed by atoms with van der Waals surface area (Å²) >= 11 is 0. The highest BCUT2D eigenvalue weighted by Crippen LogP contribution is 2.37. The number of benzene rings is 1. The smallest absolute Gasteiger partial charge is 0.120 e. The van der Waals surface area contributed by atoms with Crippen LogP contribution in [0.3, 0.4) is 0 Å². The Labute approximate surface area is 91.1 Å². The van der Waals surface area contributed by atoms with Crippen LogP contribution in [0.15, 0.2) is 18.2 Å². The molecule has 0 aliphatic heterocycles. The van der Waals surface area contributed by atoms with Crippen molar-refractivity contribution in [1.29, 1.82) is 0 Å². The zero-order valence-corrected chi connectivity index (χ0v) is 8.87. The fourth-order valence-electron chi connectivity index (χ4n) is 2.39. The molecule has 1 fully saturated rings. The van der Waals surface area contributed by atoms with Gasteiger partial charge in [-0.2, -0.15) is 0 Å². The van der Waals surface area contributed by atoms with Gasteiger partial charge in [0.25, 0.3) is 0 Å². The quantitative estimate of drug-likeness (QED) is 0.689. The van der Waals surface area contributed by atoms with Gasteiger partial charge in [0.15, 0.2) is 0 Å². The lowest BCUT2D eigenvalue weighted by Gasteiger charge is -2.22. The van der Waals surface area contributed by atoms with Gasteiger partial charge in [0.2, 0.25) is 0 Å². The van der Waals surface area contributed by atoms with Gasteiger partial charge in [-0.15, -0.1) is 6.42 Å². The van der Waals surface area contributed by atoms with E-state index in [4.69, 9.17) is 6.42 Å². The zero-order valence-electron chi connectivity index (χ0n) is 8.87. The first-order chi connectivity index (χ1) is 7.31. The van der Waals surface area contributed by atoms with Crippen LogP contribution in [-0.4, -0.2) is 5.11 Å². The molecule has 2 rings (SSSR count). The van der Waals surface area contributed by atoms with E-state index in [9.17, 15) is 5.11 Å². The molecule has 0 aromatic heterocycles. The molecule has 1 aliphatic rings. The van der Waals surface area contributed by atoms with Gasteiger partial charge >= 0.3 is 0 Å². The largest absolute Gasteiger partial charge is 0.508 e. The fourth-order valence-corrected chi connectivity index (χ4v) is 2.39. The van der Waals surface area contributed by atoms with Gasteiger partial charge in [0.1, 0.15) is 5.75 Å². The summed E-state index contributed by atoms with van der Waals surface area (Å²) in [6.45, 7) is 0. The number of phenols is 1. The maximum absolute atomic E-state index is 9.88. The third-order valence-corrected chi connectivity index (χ3v) is 3.24. The van der Waals surface area contributed by atoms with E-state index < -0.39 is 0 Å². The van der Waals surface area contributed by atoms with Gasteiger partial charge in [0, 0.05) is 5.56 Å². The summed E-state index contributed by atoms with van der Waals surface area (Å²) in [6.07, 6.45) is 11.6. The van der Waals surface area contributed by atoms with Crippen molar-refractivity contribution in [2.45, 2.75) is 38.0 Å². The van der Waals surface area contributed by atoms with Crippen LogP contribution in [0.25, 0.3) is 0 Å². The van der Waals surface area contributed by atoms with E-state index in [1.807, 2.05) is 12.1 Å². The monoisotopic (exact) mass is 200 g/mol. The van der Waals surface area contributed by atoms with Gasteiger partial charge in [-0.05, 0) is 36.5 Å². The lowest BCUT2D eigenvalue weighted by molar-refractivity contribution is 0.414. The van der Waals surface area contributed by atoms with E-state index >= 15 is 0 Å². The van der Waals surface area contributed by atoms with Gasteiger partial charge in [-0.25, -0.2) is 0 Å². The van der Waals surface area contributed by atoms with Crippen molar-refractivity contribution in [3.05, 3.63) is 29.3 Å². The molecule has 15 heavy (non-hydrogen) atoms. The van der Waals surface area contributed by atoms with Crippen LogP contribution in [0, 0.1) is 12.3 Å². The number of hydrogen-bond acceptors (Lipinski definition) is 1. The minimum atomic E-state index is 0.373. The molecule has 1 nitrogen and oxygen atoms in total. The normalized spacial score (nSPS) is 17.3. The molecule has 0 bridgehead atoms. The minimum Gasteiger partial charge on any atom is -0.508 e. The molecule has 1 N–H and O–H groups in total. The Balaban J connectivity index is 2.24. The molecular formula is C14H16O. The molecule has 1 saturated carbocycles. The van der Waals surface area contributed by atoms with Crippen LogP contribution < -0.4 is 0 Å². The van der Waals surface area contributed by atoms with Crippen LogP contribution in [0.5, 0.6) is 5.75 Å². The van der Waals surface area contributed by atoms with E-state index in [1.54, 1.807) is 6.07 Å². The van der Waals surface area contributed by atoms with Gasteiger partial charge < -0.3 is 5.11 Å². The molecule has 0 atom stereocenters. The molecule has 0 saturated heterocycles. The maximum Gasteiger partial charge on any atom is 0.120 e. The molecule has 1 aromatic rings. The molecule has 0 amide bonds. The third kappa shape index (κ3) is 2.15. The fraction of sp³-hybridized carbons (Fsp3) is 0.429. The zero-order chi connectivity index (χ0) is 10.7. The molecule has 0 heterocycles. The average molecular weight is 200 g/mol. The average Bonchev–Trinajstić information content (AvgIpc) is 2.30. The van der Waals surface area contributed by atoms with Crippen molar-refractivity contribution in [2.24, 2.45) is 0 Å². The van der Waals surface area contributed by atoms with E-state index in [1.165, 1.54) is 32.1 Å². The topological polar surface area (TPSA) is 20.2 Å². The summed E-state index contributed by atoms with van der Waals surface area (Å²) in [5.41, 5.74) is 1.83. The Bertz CT molecular complexity index is 381. The molecular weight excluding hydrogens is 184 g/mol. The molecule has 1 aromatic carbocycles. The van der Waals surface area contributed by atoms with E-state index in [0.29, 0.717) is 11.7 Å². The summed E-state index contributed by atoms with van der Waals surface area (Å²) in [5, 5.41) is 9.88. The van der Waals surface area contributed by atoms with E-state index in [-0.39, 0.29) is 0 Å². The van der Waals surface area contributed by atoms with Crippen molar-refractivity contribution in [2.75, 3.05) is 0 Å². The lowest BCUT2D eigenvalue weighted by atomic mass is 9.83. The highest BCUT2D eigenvalue weighted by Gasteiger charge is 2.18. The summed E-state index contributed by atoms with van der Waals surface area (Å²) in [4.78, 5) is 0. The van der Waals surface area contributed by atoms with Gasteiger partial charge in [0.05, 0.1) is 0 Å². The summed E-state index contributed by atoms with van der Waals surface area (Å²) in [6, 6.07) is 5.61. The highest BCUT2D eigenvalue weighted by atomic mass is 16.3. The molecule has 78 valence electrons. The molecule has 0 radical (unpaired) electrons. The minimum absolute atomic E-state index is 0.373. The number of phenolic OH excluding ortho intramolecular Hbond substituents is 1. The Hall–Kier alpha value is -1.42. The lowest BCUT2D eigenvalue weighted by Crippen LogP contribution is -2.04. The molecule has 1 aliphatic carbocycles. The highest BCUT2D eigenvalue weighted by molar-refractivity contribution is 5.44. The van der Waals surface area contributed by atoms with E-state index in [0.717, 1.165) is 11.1 Å². The van der Waals surface area contributed by atoms with Crippen molar-refractivity contribution in [1.82, 2.24) is 0 Å². The number of aromatic hydroxyl groups is 1. The Morgan fingerprint density at radius 2 is 1.93 bits per heavy atom. The first-order valence-corrected chi connectivity index (χ1v) is 5.61. The second-order valence-corrected chi connectivity index (χ2v) is 4.25. The maximum atomic E-state index is 9.88. The standard InChI is InChI=1S/C14H16O/c1-2-11-8-9-13(14(15)10-11)12-6-4-3-5-7-12/h1,8-10,12,15H,3-7H2. The van der Waals surface area contributed by atoms with Crippen molar-refractivity contribution in [3.8, 4) is 18.1 Å². The molecule has 0 unspecified atom stereocenters. The second kappa shape index (κ2) is 4.40. The van der Waals surface area contributed by atoms with Crippen molar-refractivity contribution < 1.29 is 5.11 Å². The van der Waals surface area contributed by atoms with Crippen molar-refractivity contribution >= 4 is 0 Å². The first kappa shape index (κ1) is 10.1. The number of hydrogen-bond donors (Lipinski definition) is 1. The van der Waals surface area contributed by atoms with Gasteiger partial charge in [-0.1, -0.05) is 31.2 Å². The van der Waals surface area contributed by atoms with Crippen LogP contribution in [0.4, 0.5) is 0 Å². The van der Waals surface area contributed by atoms with Gasteiger partial charge in [-0.3, -0.25) is 0 Å². The molecule has 0 spiro atoms. The molecule has 1 heteroatoms. The Morgan fingerprint density at radius 3 is 2.53 bits per heavy atom. The van der Waals surface area contributed by atoms with Crippen LogP contribution in [0.2, 0.25) is 0 Å². The summed E-state index contributed by atoms with van der Waals surface area (Å²) < 4.78 is 0. The SMILES string of the molecule is C#Cc1ccc(C2CCCCC2)c(O)c1. The summed E-state index contributed by atoms with van der Waals surface area (Å²) in [7, 11) is 0. The van der Waals surface area contributed by atoms with Crippen molar-refractivity contribution in [3.63, 3.8) is 0 Å². The Kier molecular flexibility index (Phi) is 2.97. The Morgan fingerprint density at radius 1 is 1.20 bits per heavy atom. The third-order valence-electron chi connectivity index (χ3n) is 3.24. The summed E-state index contributed by atoms with van der Waals surface area (Å²) in [5.74, 6) is 3.44. The second-order valence-electron chi connectivity index (χ2n) is 4.25. The van der Waals surface area contributed by atoms with Crippen LogP contribution >= 0.6 is 0 Å². The van der Waals surface area contributed by atoms with Crippen LogP contribution in [-0.2, 0) is 0 Å². The predicted octanol–water partition coefficient (Wildman–Crippen LogP) is 3.42. The van der Waals surface area contributed by atoms with E-state index in [2.05, 4.69) is 5.92 Å².